The number of Topliss-reactive ketones (excluding diaryl/α,β-unsaturated/α-hetero) is 1. The van der Waals surface area contributed by atoms with Crippen molar-refractivity contribution in [3.05, 3.63) is 23.8 Å². The van der Waals surface area contributed by atoms with Gasteiger partial charge in [-0.1, -0.05) is 0 Å². The van der Waals surface area contributed by atoms with Crippen LogP contribution in [0, 0.1) is 12.8 Å². The summed E-state index contributed by atoms with van der Waals surface area (Å²) >= 11 is 0. The second-order valence-electron chi connectivity index (χ2n) is 3.89. The Kier molecular flexibility index (Phi) is 5.76. The van der Waals surface area contributed by atoms with Crippen molar-refractivity contribution in [1.82, 2.24) is 9.97 Å². The molecule has 1 heterocycles. The summed E-state index contributed by atoms with van der Waals surface area (Å²) in [6.45, 7) is 5.01. The van der Waals surface area contributed by atoms with E-state index in [4.69, 9.17) is 9.47 Å². The summed E-state index contributed by atoms with van der Waals surface area (Å²) in [7, 11) is 0. The highest BCUT2D eigenvalue weighted by Crippen LogP contribution is 2.10. The van der Waals surface area contributed by atoms with Gasteiger partial charge in [-0.15, -0.1) is 0 Å². The van der Waals surface area contributed by atoms with E-state index >= 15 is 0 Å². The molecule has 0 saturated heterocycles. The van der Waals surface area contributed by atoms with Gasteiger partial charge in [-0.25, -0.2) is 9.97 Å². The maximum Gasteiger partial charge on any atom is 0.328 e. The van der Waals surface area contributed by atoms with Gasteiger partial charge in [0.25, 0.3) is 0 Å². The van der Waals surface area contributed by atoms with Crippen molar-refractivity contribution in [3.63, 3.8) is 0 Å². The van der Waals surface area contributed by atoms with E-state index in [0.717, 1.165) is 5.56 Å². The Hall–Kier alpha value is -2.31. The highest BCUT2D eigenvalue weighted by atomic mass is 16.6. The molecular formula is C13H16N2O5. The van der Waals surface area contributed by atoms with Crippen molar-refractivity contribution in [2.24, 2.45) is 5.92 Å². The predicted molar refractivity (Wildman–Crippen MR) is 67.9 cm³/mol. The van der Waals surface area contributed by atoms with Crippen LogP contribution in [0.4, 0.5) is 0 Å². The van der Waals surface area contributed by atoms with Crippen molar-refractivity contribution in [2.45, 2.75) is 20.8 Å². The van der Waals surface area contributed by atoms with Gasteiger partial charge < -0.3 is 9.47 Å². The van der Waals surface area contributed by atoms with Crippen molar-refractivity contribution >= 4 is 17.7 Å². The smallest absolute Gasteiger partial charge is 0.328 e. The lowest BCUT2D eigenvalue weighted by Crippen LogP contribution is -2.35. The van der Waals surface area contributed by atoms with Crippen molar-refractivity contribution in [1.29, 1.82) is 0 Å². The number of carbonyl (C=O) groups is 3. The molecule has 0 N–H and O–H groups in total. The quantitative estimate of drug-likeness (QED) is 0.430. The number of aryl methyl sites for hydroxylation is 1. The molecule has 0 unspecified atom stereocenters. The molecule has 1 aromatic heterocycles. The van der Waals surface area contributed by atoms with Crippen LogP contribution in [-0.4, -0.2) is 40.9 Å². The first-order valence-corrected chi connectivity index (χ1v) is 6.17. The summed E-state index contributed by atoms with van der Waals surface area (Å²) in [5.41, 5.74) is 0.755. The predicted octanol–water partition coefficient (Wildman–Crippen LogP) is 0.710. The number of ether oxygens (including phenoxy) is 2. The maximum atomic E-state index is 12.2. The lowest BCUT2D eigenvalue weighted by atomic mass is 10.0. The normalized spacial score (nSPS) is 10.2. The van der Waals surface area contributed by atoms with Gasteiger partial charge in [0.15, 0.2) is 5.82 Å². The molecule has 0 amide bonds. The zero-order chi connectivity index (χ0) is 15.1. The lowest BCUT2D eigenvalue weighted by Gasteiger charge is -2.12. The van der Waals surface area contributed by atoms with Gasteiger partial charge in [-0.3, -0.25) is 14.4 Å². The molecule has 0 radical (unpaired) electrons. The molecule has 0 bridgehead atoms. The first-order valence-electron chi connectivity index (χ1n) is 6.17. The van der Waals surface area contributed by atoms with E-state index in [9.17, 15) is 14.4 Å². The minimum absolute atomic E-state index is 0.0524. The van der Waals surface area contributed by atoms with Crippen LogP contribution in [0.1, 0.15) is 30.0 Å². The summed E-state index contributed by atoms with van der Waals surface area (Å²) in [5, 5.41) is 0. The highest BCUT2D eigenvalue weighted by Gasteiger charge is 2.38. The van der Waals surface area contributed by atoms with E-state index in [1.165, 1.54) is 12.4 Å². The molecule has 7 heteroatoms. The molecule has 0 aromatic carbocycles. The minimum atomic E-state index is -1.68. The molecule has 1 rings (SSSR count). The van der Waals surface area contributed by atoms with Gasteiger partial charge in [-0.2, -0.15) is 0 Å². The van der Waals surface area contributed by atoms with E-state index in [1.807, 2.05) is 0 Å². The molecule has 0 fully saturated rings. The monoisotopic (exact) mass is 280 g/mol. The topological polar surface area (TPSA) is 95.5 Å². The fourth-order valence-corrected chi connectivity index (χ4v) is 1.41. The third-order valence-corrected chi connectivity index (χ3v) is 2.31. The summed E-state index contributed by atoms with van der Waals surface area (Å²) in [6.07, 6.45) is 2.85. The number of aromatic nitrogens is 2. The number of carbonyl (C=O) groups excluding carboxylic acids is 3. The number of ketones is 1. The van der Waals surface area contributed by atoms with Gasteiger partial charge in [0, 0.05) is 12.4 Å². The second kappa shape index (κ2) is 7.32. The molecule has 108 valence electrons. The summed E-state index contributed by atoms with van der Waals surface area (Å²) < 4.78 is 9.44. The summed E-state index contributed by atoms with van der Waals surface area (Å²) in [5.74, 6) is -4.65. The van der Waals surface area contributed by atoms with Gasteiger partial charge in [0.2, 0.25) is 11.7 Å². The standard InChI is InChI=1S/C13H16N2O5/c1-4-19-12(17)9(13(18)20-5-2)10(16)11-14-6-8(3)7-15-11/h6-7,9H,4-5H2,1-3H3. The third kappa shape index (κ3) is 3.84. The van der Waals surface area contributed by atoms with Crippen molar-refractivity contribution in [3.8, 4) is 0 Å². The van der Waals surface area contributed by atoms with Gasteiger partial charge in [0.05, 0.1) is 13.2 Å². The molecular weight excluding hydrogens is 264 g/mol. The van der Waals surface area contributed by atoms with E-state index in [0.29, 0.717) is 0 Å². The molecule has 0 aliphatic carbocycles. The molecule has 1 aromatic rings. The molecule has 0 atom stereocenters. The molecule has 0 aliphatic heterocycles. The molecule has 20 heavy (non-hydrogen) atoms. The van der Waals surface area contributed by atoms with Crippen molar-refractivity contribution < 1.29 is 23.9 Å². The van der Waals surface area contributed by atoms with Crippen LogP contribution in [0.5, 0.6) is 0 Å². The van der Waals surface area contributed by atoms with Gasteiger partial charge in [0.1, 0.15) is 0 Å². The second-order valence-corrected chi connectivity index (χ2v) is 3.89. The Balaban J connectivity index is 3.03. The molecule has 7 nitrogen and oxygen atoms in total. The highest BCUT2D eigenvalue weighted by molar-refractivity contribution is 6.19. The van der Waals surface area contributed by atoms with Crippen molar-refractivity contribution in [2.75, 3.05) is 13.2 Å². The van der Waals surface area contributed by atoms with Crippen LogP contribution < -0.4 is 0 Å². The largest absolute Gasteiger partial charge is 0.465 e. The van der Waals surface area contributed by atoms with E-state index in [-0.39, 0.29) is 19.0 Å². The minimum Gasteiger partial charge on any atom is -0.465 e. The fourth-order valence-electron chi connectivity index (χ4n) is 1.41. The Morgan fingerprint density at radius 3 is 1.90 bits per heavy atom. The Morgan fingerprint density at radius 1 is 1.05 bits per heavy atom. The van der Waals surface area contributed by atoms with E-state index in [2.05, 4.69) is 9.97 Å². The van der Waals surface area contributed by atoms with Crippen LogP contribution in [0.3, 0.4) is 0 Å². The number of nitrogens with zero attached hydrogens (tertiary/aromatic N) is 2. The number of hydrogen-bond acceptors (Lipinski definition) is 7. The van der Waals surface area contributed by atoms with Crippen LogP contribution in [0.2, 0.25) is 0 Å². The fraction of sp³-hybridized carbons (Fsp3) is 0.462. The summed E-state index contributed by atoms with van der Waals surface area (Å²) in [4.78, 5) is 43.3. The van der Waals surface area contributed by atoms with E-state index < -0.39 is 23.6 Å². The third-order valence-electron chi connectivity index (χ3n) is 2.31. The average molecular weight is 280 g/mol. The van der Waals surface area contributed by atoms with Crippen LogP contribution in [0.15, 0.2) is 12.4 Å². The lowest BCUT2D eigenvalue weighted by molar-refractivity contribution is -0.158. The van der Waals surface area contributed by atoms with Crippen LogP contribution >= 0.6 is 0 Å². The van der Waals surface area contributed by atoms with Gasteiger partial charge in [-0.05, 0) is 26.3 Å². The average Bonchev–Trinajstić information content (AvgIpc) is 2.40. The Bertz CT molecular complexity index is 480. The molecule has 0 aliphatic rings. The number of rotatable bonds is 6. The SMILES string of the molecule is CCOC(=O)C(C(=O)OCC)C(=O)c1ncc(C)cn1. The first-order chi connectivity index (χ1) is 9.51. The zero-order valence-corrected chi connectivity index (χ0v) is 11.6. The van der Waals surface area contributed by atoms with Crippen LogP contribution in [0.25, 0.3) is 0 Å². The Labute approximate surface area is 116 Å². The zero-order valence-electron chi connectivity index (χ0n) is 11.6. The Morgan fingerprint density at radius 2 is 1.50 bits per heavy atom. The maximum absolute atomic E-state index is 12.2. The number of hydrogen-bond donors (Lipinski definition) is 0. The first kappa shape index (κ1) is 15.7. The van der Waals surface area contributed by atoms with Crippen LogP contribution in [-0.2, 0) is 19.1 Å². The molecule has 0 saturated carbocycles. The summed E-state index contributed by atoms with van der Waals surface area (Å²) in [6, 6.07) is 0. The van der Waals surface area contributed by atoms with Gasteiger partial charge >= 0.3 is 11.9 Å². The van der Waals surface area contributed by atoms with E-state index in [1.54, 1.807) is 20.8 Å². The number of esters is 2. The molecule has 0 spiro atoms.